The number of likely N-dealkylation sites (tertiary alicyclic amines) is 1. The fraction of sp³-hybridized carbons (Fsp3) is 0.556. The molecule has 0 atom stereocenters. The van der Waals surface area contributed by atoms with Crippen LogP contribution in [0.4, 0.5) is 0 Å². The number of hydrogen-bond acceptors (Lipinski definition) is 4. The van der Waals surface area contributed by atoms with E-state index in [9.17, 15) is 4.79 Å². The zero-order chi connectivity index (χ0) is 10.6. The van der Waals surface area contributed by atoms with Crippen molar-refractivity contribution in [1.82, 2.24) is 15.5 Å². The van der Waals surface area contributed by atoms with E-state index in [4.69, 9.17) is 5.41 Å². The molecule has 1 saturated heterocycles. The molecule has 1 amide bonds. The van der Waals surface area contributed by atoms with Gasteiger partial charge in [-0.15, -0.1) is 0 Å². The normalized spacial score (nSPS) is 17.1. The van der Waals surface area contributed by atoms with Crippen molar-refractivity contribution in [1.29, 1.82) is 5.41 Å². The minimum Gasteiger partial charge on any atom is -0.392 e. The molecule has 0 aromatic rings. The maximum absolute atomic E-state index is 11.4. The third-order valence-corrected chi connectivity index (χ3v) is 2.16. The first kappa shape index (κ1) is 10.6. The Morgan fingerprint density at radius 2 is 2.29 bits per heavy atom. The van der Waals surface area contributed by atoms with E-state index in [1.165, 1.54) is 4.90 Å². The standard InChI is InChI=1S/C9H16N4O/c1-11-6-7(12-2)9(10)13-5-3-4-8(13)14/h6,10-12H,3-5H2,1-2H3/b7-6+,10-9?. The second-order valence-corrected chi connectivity index (χ2v) is 3.09. The van der Waals surface area contributed by atoms with Gasteiger partial charge in [0.25, 0.3) is 0 Å². The number of carbonyl (C=O) groups is 1. The molecule has 0 spiro atoms. The Morgan fingerprint density at radius 3 is 2.71 bits per heavy atom. The van der Waals surface area contributed by atoms with Crippen molar-refractivity contribution in [2.24, 2.45) is 0 Å². The maximum atomic E-state index is 11.4. The largest absolute Gasteiger partial charge is 0.392 e. The van der Waals surface area contributed by atoms with Gasteiger partial charge in [0.2, 0.25) is 5.91 Å². The molecule has 5 nitrogen and oxygen atoms in total. The summed E-state index contributed by atoms with van der Waals surface area (Å²) in [6.07, 6.45) is 3.07. The van der Waals surface area contributed by atoms with Crippen LogP contribution < -0.4 is 10.6 Å². The molecule has 0 aliphatic carbocycles. The molecule has 1 rings (SSSR count). The molecule has 0 aromatic carbocycles. The first-order chi connectivity index (χ1) is 6.70. The quantitative estimate of drug-likeness (QED) is 0.435. The summed E-state index contributed by atoms with van der Waals surface area (Å²) in [5, 5.41) is 13.5. The van der Waals surface area contributed by atoms with Crippen molar-refractivity contribution in [3.05, 3.63) is 11.9 Å². The van der Waals surface area contributed by atoms with Gasteiger partial charge in [0.1, 0.15) is 0 Å². The molecule has 5 heteroatoms. The van der Waals surface area contributed by atoms with Crippen LogP contribution in [0, 0.1) is 5.41 Å². The third-order valence-electron chi connectivity index (χ3n) is 2.16. The van der Waals surface area contributed by atoms with Crippen molar-refractivity contribution < 1.29 is 4.79 Å². The number of nitrogens with one attached hydrogen (secondary N) is 3. The molecule has 3 N–H and O–H groups in total. The van der Waals surface area contributed by atoms with Crippen LogP contribution in [0.15, 0.2) is 11.9 Å². The first-order valence-electron chi connectivity index (χ1n) is 4.65. The zero-order valence-corrected chi connectivity index (χ0v) is 8.55. The Labute approximate surface area is 83.7 Å². The lowest BCUT2D eigenvalue weighted by Gasteiger charge is -2.18. The van der Waals surface area contributed by atoms with Crippen LogP contribution in [0.5, 0.6) is 0 Å². The van der Waals surface area contributed by atoms with Gasteiger partial charge >= 0.3 is 0 Å². The summed E-state index contributed by atoms with van der Waals surface area (Å²) < 4.78 is 0. The van der Waals surface area contributed by atoms with Crippen molar-refractivity contribution in [3.8, 4) is 0 Å². The lowest BCUT2D eigenvalue weighted by Crippen LogP contribution is -2.36. The number of hydrogen-bond donors (Lipinski definition) is 3. The Morgan fingerprint density at radius 1 is 1.57 bits per heavy atom. The van der Waals surface area contributed by atoms with Crippen LogP contribution in [-0.2, 0) is 4.79 Å². The van der Waals surface area contributed by atoms with Crippen molar-refractivity contribution in [2.45, 2.75) is 12.8 Å². The monoisotopic (exact) mass is 196 g/mol. The molecule has 1 heterocycles. The molecule has 0 unspecified atom stereocenters. The Bertz CT molecular complexity index is 272. The zero-order valence-electron chi connectivity index (χ0n) is 8.55. The number of carbonyl (C=O) groups excluding carboxylic acids is 1. The fourth-order valence-corrected chi connectivity index (χ4v) is 1.43. The summed E-state index contributed by atoms with van der Waals surface area (Å²) in [5.74, 6) is 0.275. The van der Waals surface area contributed by atoms with Crippen LogP contribution in [0.1, 0.15) is 12.8 Å². The Balaban J connectivity index is 2.72. The molecule has 1 aliphatic rings. The summed E-state index contributed by atoms with van der Waals surface area (Å²) in [4.78, 5) is 12.8. The molecule has 14 heavy (non-hydrogen) atoms. The van der Waals surface area contributed by atoms with E-state index in [1.54, 1.807) is 20.3 Å². The van der Waals surface area contributed by atoms with Crippen LogP contribution >= 0.6 is 0 Å². The molecule has 0 aromatic heterocycles. The lowest BCUT2D eigenvalue weighted by atomic mass is 10.3. The second kappa shape index (κ2) is 4.64. The van der Waals surface area contributed by atoms with Gasteiger partial charge < -0.3 is 10.6 Å². The van der Waals surface area contributed by atoms with Gasteiger partial charge in [0.15, 0.2) is 5.84 Å². The highest BCUT2D eigenvalue weighted by atomic mass is 16.2. The van der Waals surface area contributed by atoms with Crippen LogP contribution in [0.3, 0.4) is 0 Å². The highest BCUT2D eigenvalue weighted by Crippen LogP contribution is 2.12. The van der Waals surface area contributed by atoms with E-state index in [-0.39, 0.29) is 11.7 Å². The van der Waals surface area contributed by atoms with Gasteiger partial charge in [-0.25, -0.2) is 0 Å². The summed E-state index contributed by atoms with van der Waals surface area (Å²) in [6, 6.07) is 0. The van der Waals surface area contributed by atoms with Gasteiger partial charge in [-0.3, -0.25) is 15.1 Å². The predicted octanol–water partition coefficient (Wildman–Crippen LogP) is -0.134. The number of amides is 1. The molecule has 0 radical (unpaired) electrons. The molecule has 0 bridgehead atoms. The third kappa shape index (κ3) is 2.04. The first-order valence-corrected chi connectivity index (χ1v) is 4.65. The number of rotatable bonds is 3. The molecule has 0 saturated carbocycles. The number of amidine groups is 1. The SMILES string of the molecule is CN/C=C(/NC)C(=N)N1CCCC1=O. The van der Waals surface area contributed by atoms with E-state index >= 15 is 0 Å². The predicted molar refractivity (Wildman–Crippen MR) is 54.9 cm³/mol. The van der Waals surface area contributed by atoms with E-state index in [1.807, 2.05) is 0 Å². The minimum absolute atomic E-state index is 0.0345. The molecule has 1 fully saturated rings. The van der Waals surface area contributed by atoms with E-state index in [0.29, 0.717) is 18.7 Å². The van der Waals surface area contributed by atoms with Crippen molar-refractivity contribution in [3.63, 3.8) is 0 Å². The average Bonchev–Trinajstić information content (AvgIpc) is 2.59. The molecule has 78 valence electrons. The maximum Gasteiger partial charge on any atom is 0.228 e. The van der Waals surface area contributed by atoms with E-state index < -0.39 is 0 Å². The van der Waals surface area contributed by atoms with Crippen molar-refractivity contribution in [2.75, 3.05) is 20.6 Å². The summed E-state index contributed by atoms with van der Waals surface area (Å²) in [5.41, 5.74) is 0.628. The number of nitrogens with zero attached hydrogens (tertiary/aromatic N) is 1. The smallest absolute Gasteiger partial charge is 0.228 e. The summed E-state index contributed by atoms with van der Waals surface area (Å²) in [6.45, 7) is 0.653. The fourth-order valence-electron chi connectivity index (χ4n) is 1.43. The topological polar surface area (TPSA) is 68.2 Å². The molecular weight excluding hydrogens is 180 g/mol. The lowest BCUT2D eigenvalue weighted by molar-refractivity contribution is -0.124. The van der Waals surface area contributed by atoms with Crippen LogP contribution in [0.25, 0.3) is 0 Å². The van der Waals surface area contributed by atoms with Crippen LogP contribution in [-0.4, -0.2) is 37.3 Å². The minimum atomic E-state index is 0.0345. The molecule has 1 aliphatic heterocycles. The van der Waals surface area contributed by atoms with E-state index in [2.05, 4.69) is 10.6 Å². The Kier molecular flexibility index (Phi) is 3.50. The second-order valence-electron chi connectivity index (χ2n) is 3.09. The van der Waals surface area contributed by atoms with Gasteiger partial charge in [-0.1, -0.05) is 0 Å². The van der Waals surface area contributed by atoms with Gasteiger partial charge in [0.05, 0.1) is 5.70 Å². The average molecular weight is 196 g/mol. The molecular formula is C9H16N4O. The Hall–Kier alpha value is -1.52. The van der Waals surface area contributed by atoms with Gasteiger partial charge in [0, 0.05) is 33.3 Å². The van der Waals surface area contributed by atoms with Crippen molar-refractivity contribution >= 4 is 11.7 Å². The highest BCUT2D eigenvalue weighted by Gasteiger charge is 2.25. The summed E-state index contributed by atoms with van der Waals surface area (Å²) >= 11 is 0. The highest BCUT2D eigenvalue weighted by molar-refractivity contribution is 6.06. The van der Waals surface area contributed by atoms with E-state index in [0.717, 1.165) is 6.42 Å². The summed E-state index contributed by atoms with van der Waals surface area (Å²) in [7, 11) is 3.49. The number of likely N-dealkylation sites (N-methyl/N-ethyl adjacent to an activating group) is 1. The van der Waals surface area contributed by atoms with Gasteiger partial charge in [-0.05, 0) is 6.42 Å². The van der Waals surface area contributed by atoms with Crippen LogP contribution in [0.2, 0.25) is 0 Å². The van der Waals surface area contributed by atoms with Gasteiger partial charge in [-0.2, -0.15) is 0 Å².